The zero-order chi connectivity index (χ0) is 14.4. The van der Waals surface area contributed by atoms with E-state index in [2.05, 4.69) is 22.0 Å². The van der Waals surface area contributed by atoms with Crippen molar-refractivity contribution in [3.05, 3.63) is 5.82 Å². The molecule has 0 amide bonds. The van der Waals surface area contributed by atoms with Crippen LogP contribution in [0, 0.1) is 17.3 Å². The van der Waals surface area contributed by atoms with E-state index < -0.39 is 0 Å². The molecule has 116 valence electrons. The summed E-state index contributed by atoms with van der Waals surface area (Å²) in [6.45, 7) is 5.07. The zero-order valence-electron chi connectivity index (χ0n) is 13.0. The van der Waals surface area contributed by atoms with Gasteiger partial charge in [0.25, 0.3) is 0 Å². The molecular weight excluding hydrogens is 262 g/mol. The van der Waals surface area contributed by atoms with E-state index >= 15 is 0 Å². The minimum absolute atomic E-state index is 0.215. The van der Waals surface area contributed by atoms with Crippen LogP contribution in [0.15, 0.2) is 0 Å². The number of nitrogens with one attached hydrogen (secondary N) is 1. The average Bonchev–Trinajstić information content (AvgIpc) is 3.04. The standard InChI is InChI=1S/C16H27N5/c1-16(9-17)7-4-8-21(10-16)15-18-14(19-20-15)13-11-5-2-3-6-12(11)13/h11-13H,2-10,17H2,1H3,(H,18,19,20). The Morgan fingerprint density at radius 1 is 1.29 bits per heavy atom. The van der Waals surface area contributed by atoms with Crippen LogP contribution in [0.25, 0.3) is 0 Å². The van der Waals surface area contributed by atoms with E-state index in [-0.39, 0.29) is 5.41 Å². The van der Waals surface area contributed by atoms with Crippen LogP contribution in [0.2, 0.25) is 0 Å². The Kier molecular flexibility index (Phi) is 3.21. The third kappa shape index (κ3) is 2.35. The van der Waals surface area contributed by atoms with Crippen molar-refractivity contribution in [2.75, 3.05) is 24.5 Å². The zero-order valence-corrected chi connectivity index (χ0v) is 13.0. The first-order chi connectivity index (χ1) is 10.2. The monoisotopic (exact) mass is 289 g/mol. The highest BCUT2D eigenvalue weighted by atomic mass is 15.4. The average molecular weight is 289 g/mol. The molecule has 3 unspecified atom stereocenters. The number of fused-ring (bicyclic) bond motifs is 1. The fourth-order valence-electron chi connectivity index (χ4n) is 4.61. The van der Waals surface area contributed by atoms with Crippen LogP contribution >= 0.6 is 0 Å². The molecule has 1 aromatic rings. The lowest BCUT2D eigenvalue weighted by molar-refractivity contribution is 0.270. The first kappa shape index (κ1) is 13.6. The molecule has 3 atom stereocenters. The molecule has 4 rings (SSSR count). The second-order valence-corrected chi connectivity index (χ2v) is 7.70. The van der Waals surface area contributed by atoms with Gasteiger partial charge in [-0.05, 0) is 49.5 Å². The maximum absolute atomic E-state index is 5.95. The first-order valence-corrected chi connectivity index (χ1v) is 8.57. The fraction of sp³-hybridized carbons (Fsp3) is 0.875. The summed E-state index contributed by atoms with van der Waals surface area (Å²) >= 11 is 0. The molecule has 3 fully saturated rings. The second-order valence-electron chi connectivity index (χ2n) is 7.70. The molecule has 0 aromatic carbocycles. The Morgan fingerprint density at radius 3 is 2.76 bits per heavy atom. The van der Waals surface area contributed by atoms with Gasteiger partial charge < -0.3 is 10.6 Å². The van der Waals surface area contributed by atoms with Crippen LogP contribution in [0.1, 0.15) is 57.2 Å². The van der Waals surface area contributed by atoms with Crippen molar-refractivity contribution in [1.29, 1.82) is 0 Å². The lowest BCUT2D eigenvalue weighted by Gasteiger charge is -2.39. The summed E-state index contributed by atoms with van der Waals surface area (Å²) in [4.78, 5) is 7.16. The van der Waals surface area contributed by atoms with E-state index in [1.807, 2.05) is 0 Å². The van der Waals surface area contributed by atoms with Gasteiger partial charge in [0.05, 0.1) is 0 Å². The molecule has 3 N–H and O–H groups in total. The van der Waals surface area contributed by atoms with Crippen molar-refractivity contribution in [3.8, 4) is 0 Å². The highest BCUT2D eigenvalue weighted by molar-refractivity contribution is 5.32. The van der Waals surface area contributed by atoms with Crippen LogP contribution in [-0.4, -0.2) is 34.8 Å². The molecule has 1 aliphatic heterocycles. The lowest BCUT2D eigenvalue weighted by atomic mass is 9.82. The number of hydrogen-bond acceptors (Lipinski definition) is 4. The van der Waals surface area contributed by atoms with Gasteiger partial charge in [0, 0.05) is 19.0 Å². The molecule has 5 heteroatoms. The van der Waals surface area contributed by atoms with E-state index in [9.17, 15) is 0 Å². The third-order valence-electron chi connectivity index (χ3n) is 6.02. The van der Waals surface area contributed by atoms with Gasteiger partial charge >= 0.3 is 0 Å². The Bertz CT molecular complexity index is 501. The maximum Gasteiger partial charge on any atom is 0.244 e. The van der Waals surface area contributed by atoms with Gasteiger partial charge in [-0.2, -0.15) is 4.98 Å². The number of H-pyrrole nitrogens is 1. The highest BCUT2D eigenvalue weighted by Crippen LogP contribution is 2.60. The number of anilines is 1. The largest absolute Gasteiger partial charge is 0.339 e. The topological polar surface area (TPSA) is 70.8 Å². The maximum atomic E-state index is 5.95. The molecule has 2 aliphatic carbocycles. The van der Waals surface area contributed by atoms with Crippen molar-refractivity contribution < 1.29 is 0 Å². The van der Waals surface area contributed by atoms with Gasteiger partial charge in [-0.1, -0.05) is 19.8 Å². The summed E-state index contributed by atoms with van der Waals surface area (Å²) in [7, 11) is 0. The van der Waals surface area contributed by atoms with Crippen LogP contribution in [0.5, 0.6) is 0 Å². The molecule has 0 bridgehead atoms. The van der Waals surface area contributed by atoms with Crippen LogP contribution in [0.3, 0.4) is 0 Å². The molecule has 0 spiro atoms. The molecule has 1 saturated heterocycles. The van der Waals surface area contributed by atoms with Gasteiger partial charge in [-0.15, -0.1) is 5.10 Å². The first-order valence-electron chi connectivity index (χ1n) is 8.57. The second kappa shape index (κ2) is 4.97. The predicted octanol–water partition coefficient (Wildman–Crippen LogP) is 2.27. The lowest BCUT2D eigenvalue weighted by Crippen LogP contribution is -2.46. The van der Waals surface area contributed by atoms with Crippen LogP contribution < -0.4 is 10.6 Å². The van der Waals surface area contributed by atoms with Crippen molar-refractivity contribution in [2.24, 2.45) is 23.0 Å². The molecule has 5 nitrogen and oxygen atoms in total. The summed E-state index contributed by atoms with van der Waals surface area (Å²) in [6.07, 6.45) is 7.98. The molecule has 1 aromatic heterocycles. The molecule has 2 saturated carbocycles. The van der Waals surface area contributed by atoms with Gasteiger partial charge in [-0.3, -0.25) is 5.10 Å². The van der Waals surface area contributed by atoms with E-state index in [1.165, 1.54) is 38.5 Å². The van der Waals surface area contributed by atoms with E-state index in [4.69, 9.17) is 10.7 Å². The Hall–Kier alpha value is -1.10. The number of aromatic nitrogens is 3. The van der Waals surface area contributed by atoms with Crippen LogP contribution in [-0.2, 0) is 0 Å². The quantitative estimate of drug-likeness (QED) is 0.895. The van der Waals surface area contributed by atoms with Crippen molar-refractivity contribution >= 4 is 5.95 Å². The molecular formula is C16H27N5. The molecule has 0 radical (unpaired) electrons. The Labute approximate surface area is 126 Å². The van der Waals surface area contributed by atoms with Gasteiger partial charge in [0.1, 0.15) is 5.82 Å². The summed E-state index contributed by atoms with van der Waals surface area (Å²) in [5, 5.41) is 7.74. The summed E-state index contributed by atoms with van der Waals surface area (Å²) in [5.41, 5.74) is 6.16. The van der Waals surface area contributed by atoms with Crippen molar-refractivity contribution in [1.82, 2.24) is 15.2 Å². The van der Waals surface area contributed by atoms with Crippen LogP contribution in [0.4, 0.5) is 5.95 Å². The van der Waals surface area contributed by atoms with E-state index in [0.29, 0.717) is 5.92 Å². The number of aromatic amines is 1. The van der Waals surface area contributed by atoms with Crippen molar-refractivity contribution in [3.63, 3.8) is 0 Å². The van der Waals surface area contributed by atoms with E-state index in [1.54, 1.807) is 0 Å². The Balaban J connectivity index is 1.47. The third-order valence-corrected chi connectivity index (χ3v) is 6.02. The minimum atomic E-state index is 0.215. The summed E-state index contributed by atoms with van der Waals surface area (Å²) < 4.78 is 0. The van der Waals surface area contributed by atoms with Gasteiger partial charge in [0.15, 0.2) is 0 Å². The number of piperidine rings is 1. The molecule has 3 aliphatic rings. The van der Waals surface area contributed by atoms with Gasteiger partial charge in [0.2, 0.25) is 5.95 Å². The molecule has 2 heterocycles. The molecule has 21 heavy (non-hydrogen) atoms. The van der Waals surface area contributed by atoms with Crippen molar-refractivity contribution in [2.45, 2.75) is 51.4 Å². The summed E-state index contributed by atoms with van der Waals surface area (Å²) in [5.74, 6) is 4.47. The summed E-state index contributed by atoms with van der Waals surface area (Å²) in [6, 6.07) is 0. The SMILES string of the molecule is CC1(CN)CCCN(c2n[nH]c(C3C4CCCCC43)n2)C1. The minimum Gasteiger partial charge on any atom is -0.339 e. The smallest absolute Gasteiger partial charge is 0.244 e. The number of nitrogens with zero attached hydrogens (tertiary/aromatic N) is 3. The van der Waals surface area contributed by atoms with E-state index in [0.717, 1.165) is 43.2 Å². The number of nitrogens with two attached hydrogens (primary N) is 1. The fourth-order valence-corrected chi connectivity index (χ4v) is 4.61. The number of rotatable bonds is 3. The highest BCUT2D eigenvalue weighted by Gasteiger charge is 2.53. The predicted molar refractivity (Wildman–Crippen MR) is 83.2 cm³/mol. The Morgan fingerprint density at radius 2 is 2.05 bits per heavy atom. The normalized spacial score (nSPS) is 39.1. The number of hydrogen-bond donors (Lipinski definition) is 2. The van der Waals surface area contributed by atoms with Gasteiger partial charge in [-0.25, -0.2) is 0 Å².